The van der Waals surface area contributed by atoms with Gasteiger partial charge >= 0.3 is 44.3 Å². The molecule has 0 unspecified atom stereocenters. The quantitative estimate of drug-likeness (QED) is 0.276. The number of aromatic hydroxyl groups is 1. The molecule has 3 nitrogen and oxygen atoms in total. The fraction of sp³-hybridized carbons (Fsp3) is 0.0625. The van der Waals surface area contributed by atoms with Gasteiger partial charge < -0.3 is 9.84 Å². The summed E-state index contributed by atoms with van der Waals surface area (Å²) >= 11 is 0. The van der Waals surface area contributed by atoms with Crippen molar-refractivity contribution in [1.82, 2.24) is 0 Å². The van der Waals surface area contributed by atoms with E-state index < -0.39 is 7.81 Å². The number of hydrogen-bond donors (Lipinski definition) is 1. The van der Waals surface area contributed by atoms with E-state index in [1.165, 1.54) is 0 Å². The predicted molar refractivity (Wildman–Crippen MR) is 87.8 cm³/mol. The van der Waals surface area contributed by atoms with Crippen molar-refractivity contribution in [3.63, 3.8) is 0 Å². The normalized spacial score (nSPS) is 14.0. The summed E-state index contributed by atoms with van der Waals surface area (Å²) in [6, 6.07) is 16.6. The van der Waals surface area contributed by atoms with Gasteiger partial charge in [-0.15, -0.1) is 0 Å². The predicted octanol–water partition coefficient (Wildman–Crippen LogP) is 7.48. The van der Waals surface area contributed by atoms with Crippen molar-refractivity contribution in [3.05, 3.63) is 54.6 Å². The zero-order valence-corrected chi connectivity index (χ0v) is 14.1. The van der Waals surface area contributed by atoms with Crippen molar-refractivity contribution >= 4 is 18.8 Å². The van der Waals surface area contributed by atoms with E-state index in [0.717, 1.165) is 28.0 Å². The second-order valence-corrected chi connectivity index (χ2v) is 7.13. The van der Waals surface area contributed by atoms with Gasteiger partial charge in [-0.25, -0.2) is 4.42 Å². The van der Waals surface area contributed by atoms with Gasteiger partial charge in [0.25, 0.3) is 0 Å². The molecule has 0 radical (unpaired) electrons. The number of methoxy groups -OCH3 is 1. The molecule has 0 amide bonds. The summed E-state index contributed by atoms with van der Waals surface area (Å²) in [4.78, 5) is 0. The van der Waals surface area contributed by atoms with E-state index in [0.29, 0.717) is 0 Å². The Morgan fingerprint density at radius 1 is 0.846 bits per heavy atom. The summed E-state index contributed by atoms with van der Waals surface area (Å²) < 4.78 is 70.1. The number of halogens is 6. The minimum atomic E-state index is -10.7. The van der Waals surface area contributed by atoms with Crippen LogP contribution in [-0.2, 0) is 0 Å². The van der Waals surface area contributed by atoms with Crippen LogP contribution >= 0.6 is 7.81 Å². The number of fused-ring (bicyclic) bond motifs is 1. The molecule has 0 saturated carbocycles. The standard InChI is InChI=1S/C16H12O3.F6P/c1-18-14-6-2-11(3-7-14)15-8-4-12-10-13(17)5-9-16(12)19-15;1-7(2,3,4,5)6/h2-10H,1H3;/q;-1/p+1. The Morgan fingerprint density at radius 3 is 1.96 bits per heavy atom. The van der Waals surface area contributed by atoms with Crippen molar-refractivity contribution in [2.24, 2.45) is 0 Å². The van der Waals surface area contributed by atoms with Crippen molar-refractivity contribution in [2.75, 3.05) is 7.11 Å². The van der Waals surface area contributed by atoms with Crippen molar-refractivity contribution in [1.29, 1.82) is 0 Å². The molecule has 3 aromatic rings. The molecule has 0 aliphatic heterocycles. The van der Waals surface area contributed by atoms with Crippen LogP contribution in [0.3, 0.4) is 0 Å². The Hall–Kier alpha value is -2.54. The van der Waals surface area contributed by atoms with Crippen LogP contribution in [0.4, 0.5) is 25.2 Å². The Kier molecular flexibility index (Phi) is 4.58. The Labute approximate surface area is 143 Å². The number of hydrogen-bond acceptors (Lipinski definition) is 2. The molecule has 0 saturated heterocycles. The van der Waals surface area contributed by atoms with Crippen LogP contribution in [0.2, 0.25) is 0 Å². The maximum atomic E-state index is 9.87. The van der Waals surface area contributed by atoms with E-state index in [1.807, 2.05) is 36.4 Å². The van der Waals surface area contributed by atoms with E-state index in [4.69, 9.17) is 9.15 Å². The molecule has 3 rings (SSSR count). The number of phenolic OH excluding ortho intramolecular Hbond substituents is 1. The van der Waals surface area contributed by atoms with Gasteiger partial charge in [-0.05, 0) is 42.5 Å². The van der Waals surface area contributed by atoms with Gasteiger partial charge in [-0.2, -0.15) is 0 Å². The first-order valence-corrected chi connectivity index (χ1v) is 9.01. The van der Waals surface area contributed by atoms with Crippen LogP contribution in [0.25, 0.3) is 22.3 Å². The van der Waals surface area contributed by atoms with E-state index in [-0.39, 0.29) is 5.75 Å². The van der Waals surface area contributed by atoms with Gasteiger partial charge in [-0.1, -0.05) is 0 Å². The SMILES string of the molecule is COc1ccc(-c2ccc3cc(O)ccc3[o+]2)cc1.F[P-](F)(F)(F)(F)F. The summed E-state index contributed by atoms with van der Waals surface area (Å²) in [6.45, 7) is 0. The van der Waals surface area contributed by atoms with E-state index >= 15 is 0 Å². The zero-order valence-electron chi connectivity index (χ0n) is 13.2. The third-order valence-electron chi connectivity index (χ3n) is 3.00. The summed E-state index contributed by atoms with van der Waals surface area (Å²) in [6.07, 6.45) is 0. The van der Waals surface area contributed by atoms with Gasteiger partial charge in [0, 0.05) is 12.1 Å². The molecule has 0 atom stereocenters. The van der Waals surface area contributed by atoms with Crippen LogP contribution in [0, 0.1) is 0 Å². The van der Waals surface area contributed by atoms with Gasteiger partial charge in [0.1, 0.15) is 11.5 Å². The molecule has 2 aromatic carbocycles. The molecular weight excluding hydrogens is 385 g/mol. The maximum absolute atomic E-state index is 10.7. The first-order valence-electron chi connectivity index (χ1n) is 6.98. The molecule has 142 valence electrons. The fourth-order valence-corrected chi connectivity index (χ4v) is 1.99. The molecule has 0 bridgehead atoms. The number of phenols is 1. The summed E-state index contributed by atoms with van der Waals surface area (Å²) in [5.41, 5.74) is 1.72. The Morgan fingerprint density at radius 2 is 1.42 bits per heavy atom. The molecule has 0 aliphatic rings. The van der Waals surface area contributed by atoms with Gasteiger partial charge in [0.2, 0.25) is 0 Å². The van der Waals surface area contributed by atoms with E-state index in [9.17, 15) is 30.3 Å². The fourth-order valence-electron chi connectivity index (χ4n) is 1.99. The van der Waals surface area contributed by atoms with Gasteiger partial charge in [-0.3, -0.25) is 0 Å². The van der Waals surface area contributed by atoms with E-state index in [2.05, 4.69) is 0 Å². The first-order chi connectivity index (χ1) is 11.7. The average Bonchev–Trinajstić information content (AvgIpc) is 2.51. The van der Waals surface area contributed by atoms with Crippen LogP contribution in [0.15, 0.2) is 59.0 Å². The monoisotopic (exact) mass is 398 g/mol. The van der Waals surface area contributed by atoms with Crippen molar-refractivity contribution < 1.29 is 39.4 Å². The molecular formula is C16H13F6O3P. The topological polar surface area (TPSA) is 40.8 Å². The van der Waals surface area contributed by atoms with Crippen LogP contribution < -0.4 is 4.74 Å². The summed E-state index contributed by atoms with van der Waals surface area (Å²) in [5.74, 6) is 1.83. The number of rotatable bonds is 2. The van der Waals surface area contributed by atoms with Gasteiger partial charge in [0.05, 0.1) is 18.1 Å². The third kappa shape index (κ3) is 7.14. The van der Waals surface area contributed by atoms with E-state index in [1.54, 1.807) is 25.3 Å². The first kappa shape index (κ1) is 19.8. The molecule has 26 heavy (non-hydrogen) atoms. The average molecular weight is 398 g/mol. The number of ether oxygens (including phenoxy) is 1. The second kappa shape index (κ2) is 6.02. The molecule has 0 aliphatic carbocycles. The molecule has 0 fully saturated rings. The van der Waals surface area contributed by atoms with Crippen molar-refractivity contribution in [2.45, 2.75) is 0 Å². The summed E-state index contributed by atoms with van der Waals surface area (Å²) in [7, 11) is -9.02. The molecule has 1 heterocycles. The molecule has 0 spiro atoms. The summed E-state index contributed by atoms with van der Waals surface area (Å²) in [5, 5.41) is 10.3. The minimum absolute atomic E-state index is 0.236. The van der Waals surface area contributed by atoms with Crippen LogP contribution in [-0.4, -0.2) is 12.2 Å². The number of benzene rings is 2. The third-order valence-corrected chi connectivity index (χ3v) is 3.00. The second-order valence-electron chi connectivity index (χ2n) is 5.21. The van der Waals surface area contributed by atoms with Crippen LogP contribution in [0.5, 0.6) is 11.5 Å². The Balaban J connectivity index is 0.000000298. The molecule has 1 N–H and O–H groups in total. The van der Waals surface area contributed by atoms with Crippen molar-refractivity contribution in [3.8, 4) is 22.8 Å². The van der Waals surface area contributed by atoms with Crippen LogP contribution in [0.1, 0.15) is 0 Å². The Bertz CT molecular complexity index is 913. The molecule has 1 aromatic heterocycles. The van der Waals surface area contributed by atoms with Gasteiger partial charge in [0.15, 0.2) is 0 Å². The zero-order chi connectivity index (χ0) is 19.7. The molecule has 10 heteroatoms.